The van der Waals surface area contributed by atoms with Crippen LogP contribution in [0.4, 0.5) is 0 Å². The number of fused-ring (bicyclic) bond motifs is 2. The molecule has 1 aromatic rings. The van der Waals surface area contributed by atoms with Crippen LogP contribution in [0.5, 0.6) is 0 Å². The summed E-state index contributed by atoms with van der Waals surface area (Å²) in [5.41, 5.74) is 1.26. The second-order valence-corrected chi connectivity index (χ2v) is 4.94. The summed E-state index contributed by atoms with van der Waals surface area (Å²) < 4.78 is 5.81. The van der Waals surface area contributed by atoms with E-state index in [2.05, 4.69) is 41.7 Å². The molecule has 3 rings (SSSR count). The lowest BCUT2D eigenvalue weighted by molar-refractivity contribution is 0.0978. The van der Waals surface area contributed by atoms with Crippen LogP contribution in [0.25, 0.3) is 6.08 Å². The monoisotopic (exact) mass is 229 g/mol. The normalized spacial score (nSPS) is 31.4. The van der Waals surface area contributed by atoms with Gasteiger partial charge in [0.1, 0.15) is 0 Å². The summed E-state index contributed by atoms with van der Waals surface area (Å²) in [6.07, 6.45) is 9.08. The fraction of sp³-hybridized carbons (Fsp3) is 0.467. The van der Waals surface area contributed by atoms with Gasteiger partial charge in [-0.05, 0) is 24.8 Å². The number of ether oxygens (including phenoxy) is 1. The Bertz CT molecular complexity index is 387. The van der Waals surface area contributed by atoms with Crippen LogP contribution in [-0.4, -0.2) is 24.8 Å². The molecule has 2 bridgehead atoms. The van der Waals surface area contributed by atoms with Crippen molar-refractivity contribution in [2.24, 2.45) is 0 Å². The second kappa shape index (κ2) is 5.03. The van der Waals surface area contributed by atoms with Crippen molar-refractivity contribution in [2.45, 2.75) is 37.5 Å². The van der Waals surface area contributed by atoms with Crippen molar-refractivity contribution in [3.05, 3.63) is 42.0 Å². The number of nitrogens with one attached hydrogen (secondary N) is 1. The minimum atomic E-state index is 0.477. The third-order valence-electron chi connectivity index (χ3n) is 3.71. The molecule has 2 heteroatoms. The summed E-state index contributed by atoms with van der Waals surface area (Å²) in [6, 6.07) is 11.0. The zero-order valence-electron chi connectivity index (χ0n) is 10.0. The van der Waals surface area contributed by atoms with Crippen molar-refractivity contribution >= 4 is 6.08 Å². The molecule has 1 aromatic carbocycles. The minimum Gasteiger partial charge on any atom is -0.373 e. The molecule has 0 spiro atoms. The Morgan fingerprint density at radius 3 is 2.82 bits per heavy atom. The molecule has 2 aliphatic rings. The van der Waals surface area contributed by atoms with Crippen LogP contribution in [0.1, 0.15) is 24.8 Å². The van der Waals surface area contributed by atoms with Crippen molar-refractivity contribution in [1.82, 2.24) is 5.32 Å². The van der Waals surface area contributed by atoms with Crippen LogP contribution in [-0.2, 0) is 4.74 Å². The molecule has 0 aliphatic carbocycles. The molecular formula is C15H19NO. The van der Waals surface area contributed by atoms with Crippen LogP contribution in [0.15, 0.2) is 36.4 Å². The van der Waals surface area contributed by atoms with Crippen molar-refractivity contribution < 1.29 is 4.74 Å². The Morgan fingerprint density at radius 2 is 2.12 bits per heavy atom. The van der Waals surface area contributed by atoms with Gasteiger partial charge in [0.15, 0.2) is 0 Å². The lowest BCUT2D eigenvalue weighted by Crippen LogP contribution is -2.37. The summed E-state index contributed by atoms with van der Waals surface area (Å²) in [4.78, 5) is 0. The van der Waals surface area contributed by atoms with Gasteiger partial charge in [0, 0.05) is 12.6 Å². The molecule has 3 unspecified atom stereocenters. The smallest absolute Gasteiger partial charge is 0.0733 e. The van der Waals surface area contributed by atoms with Gasteiger partial charge < -0.3 is 10.1 Å². The highest BCUT2D eigenvalue weighted by Crippen LogP contribution is 2.34. The number of hydrogen-bond donors (Lipinski definition) is 1. The summed E-state index contributed by atoms with van der Waals surface area (Å²) in [7, 11) is 0. The molecule has 2 aliphatic heterocycles. The molecule has 0 aromatic heterocycles. The number of benzene rings is 1. The number of rotatable bonds is 4. The first-order valence-electron chi connectivity index (χ1n) is 6.52. The fourth-order valence-corrected chi connectivity index (χ4v) is 2.83. The predicted octanol–water partition coefficient (Wildman–Crippen LogP) is 2.61. The van der Waals surface area contributed by atoms with Gasteiger partial charge in [-0.25, -0.2) is 0 Å². The van der Waals surface area contributed by atoms with Gasteiger partial charge in [-0.3, -0.25) is 0 Å². The van der Waals surface area contributed by atoms with Crippen LogP contribution >= 0.6 is 0 Å². The highest BCUT2D eigenvalue weighted by molar-refractivity contribution is 5.48. The van der Waals surface area contributed by atoms with Crippen LogP contribution in [0.2, 0.25) is 0 Å². The fourth-order valence-electron chi connectivity index (χ4n) is 2.83. The van der Waals surface area contributed by atoms with E-state index in [-0.39, 0.29) is 0 Å². The SMILES string of the molecule is C(=C\c1ccccc1)/CNC1CC2CCC1O2. The van der Waals surface area contributed by atoms with Crippen LogP contribution in [0.3, 0.4) is 0 Å². The Balaban J connectivity index is 1.45. The quantitative estimate of drug-likeness (QED) is 0.857. The van der Waals surface area contributed by atoms with Crippen LogP contribution < -0.4 is 5.32 Å². The topological polar surface area (TPSA) is 21.3 Å². The van der Waals surface area contributed by atoms with E-state index in [1.54, 1.807) is 0 Å². The molecule has 0 amide bonds. The van der Waals surface area contributed by atoms with E-state index in [9.17, 15) is 0 Å². The molecule has 0 saturated carbocycles. The Labute approximate surface area is 103 Å². The zero-order valence-corrected chi connectivity index (χ0v) is 10.0. The molecule has 1 N–H and O–H groups in total. The standard InChI is InChI=1S/C15H19NO/c1-2-5-12(6-3-1)7-4-10-16-14-11-13-8-9-15(14)17-13/h1-7,13-16H,8-11H2/b7-4+. The molecular weight excluding hydrogens is 210 g/mol. The maximum Gasteiger partial charge on any atom is 0.0733 e. The third-order valence-corrected chi connectivity index (χ3v) is 3.71. The van der Waals surface area contributed by atoms with E-state index in [0.29, 0.717) is 18.2 Å². The maximum atomic E-state index is 5.81. The minimum absolute atomic E-state index is 0.477. The maximum absolute atomic E-state index is 5.81. The first-order chi connectivity index (χ1) is 8.42. The Hall–Kier alpha value is -1.12. The van der Waals surface area contributed by atoms with Gasteiger partial charge >= 0.3 is 0 Å². The average molecular weight is 229 g/mol. The lowest BCUT2D eigenvalue weighted by Gasteiger charge is -2.18. The second-order valence-electron chi connectivity index (χ2n) is 4.94. The van der Waals surface area contributed by atoms with E-state index >= 15 is 0 Å². The van der Waals surface area contributed by atoms with E-state index < -0.39 is 0 Å². The average Bonchev–Trinajstić information content (AvgIpc) is 2.98. The molecule has 2 fully saturated rings. The van der Waals surface area contributed by atoms with Crippen molar-refractivity contribution in [3.8, 4) is 0 Å². The van der Waals surface area contributed by atoms with Crippen molar-refractivity contribution in [2.75, 3.05) is 6.54 Å². The number of hydrogen-bond acceptors (Lipinski definition) is 2. The van der Waals surface area contributed by atoms with Gasteiger partial charge in [-0.2, -0.15) is 0 Å². The molecule has 2 heterocycles. The highest BCUT2D eigenvalue weighted by Gasteiger charge is 2.39. The molecule has 3 atom stereocenters. The predicted molar refractivity (Wildman–Crippen MR) is 69.8 cm³/mol. The Kier molecular flexibility index (Phi) is 3.25. The van der Waals surface area contributed by atoms with E-state index in [1.165, 1.54) is 24.8 Å². The molecule has 2 saturated heterocycles. The molecule has 0 radical (unpaired) electrons. The van der Waals surface area contributed by atoms with Gasteiger partial charge in [0.05, 0.1) is 12.2 Å². The summed E-state index contributed by atoms with van der Waals surface area (Å²) in [5, 5.41) is 3.57. The van der Waals surface area contributed by atoms with Crippen molar-refractivity contribution in [3.63, 3.8) is 0 Å². The summed E-state index contributed by atoms with van der Waals surface area (Å²) >= 11 is 0. The van der Waals surface area contributed by atoms with Gasteiger partial charge in [-0.15, -0.1) is 0 Å². The van der Waals surface area contributed by atoms with Crippen molar-refractivity contribution in [1.29, 1.82) is 0 Å². The molecule has 90 valence electrons. The first kappa shape index (κ1) is 11.0. The molecule has 2 nitrogen and oxygen atoms in total. The zero-order chi connectivity index (χ0) is 11.5. The largest absolute Gasteiger partial charge is 0.373 e. The summed E-state index contributed by atoms with van der Waals surface area (Å²) in [6.45, 7) is 0.937. The van der Waals surface area contributed by atoms with E-state index in [4.69, 9.17) is 4.74 Å². The van der Waals surface area contributed by atoms with Gasteiger partial charge in [0.2, 0.25) is 0 Å². The van der Waals surface area contributed by atoms with E-state index in [1.807, 2.05) is 6.07 Å². The molecule has 17 heavy (non-hydrogen) atoms. The van der Waals surface area contributed by atoms with Gasteiger partial charge in [-0.1, -0.05) is 42.5 Å². The first-order valence-corrected chi connectivity index (χ1v) is 6.52. The Morgan fingerprint density at radius 1 is 1.24 bits per heavy atom. The highest BCUT2D eigenvalue weighted by atomic mass is 16.5. The van der Waals surface area contributed by atoms with E-state index in [0.717, 1.165) is 6.54 Å². The third kappa shape index (κ3) is 2.59. The summed E-state index contributed by atoms with van der Waals surface area (Å²) in [5.74, 6) is 0. The van der Waals surface area contributed by atoms with Gasteiger partial charge in [0.25, 0.3) is 0 Å². The lowest BCUT2D eigenvalue weighted by atomic mass is 9.95. The van der Waals surface area contributed by atoms with Crippen LogP contribution in [0, 0.1) is 0 Å².